The van der Waals surface area contributed by atoms with E-state index in [0.717, 1.165) is 0 Å². The van der Waals surface area contributed by atoms with E-state index in [1.807, 2.05) is 20.8 Å². The average molecular weight is 337 g/mol. The molecule has 0 saturated carbocycles. The lowest BCUT2D eigenvalue weighted by atomic mass is 10.2. The summed E-state index contributed by atoms with van der Waals surface area (Å²) in [4.78, 5) is 38.6. The molecule has 0 unspecified atom stereocenters. The van der Waals surface area contributed by atoms with Gasteiger partial charge in [0.25, 0.3) is 0 Å². The van der Waals surface area contributed by atoms with Gasteiger partial charge >= 0.3 is 12.1 Å². The summed E-state index contributed by atoms with van der Waals surface area (Å²) in [5, 5.41) is 6.53. The molecule has 0 aliphatic carbocycles. The molecule has 1 aromatic rings. The van der Waals surface area contributed by atoms with E-state index in [1.165, 1.54) is 17.8 Å². The van der Waals surface area contributed by atoms with Crippen LogP contribution in [-0.4, -0.2) is 69.4 Å². The smallest absolute Gasteiger partial charge is 0.410 e. The Kier molecular flexibility index (Phi) is 5.10. The molecule has 0 atom stereocenters. The fraction of sp³-hybridized carbons (Fsp3) is 0.600. The summed E-state index contributed by atoms with van der Waals surface area (Å²) >= 11 is 0. The molecule has 9 nitrogen and oxygen atoms in total. The number of carbonyl (C=O) groups is 3. The molecule has 2 heterocycles. The highest BCUT2D eigenvalue weighted by atomic mass is 16.6. The zero-order valence-electron chi connectivity index (χ0n) is 14.4. The molecule has 1 aromatic heterocycles. The third-order valence-corrected chi connectivity index (χ3v) is 3.29. The number of amides is 3. The van der Waals surface area contributed by atoms with Gasteiger partial charge in [0.2, 0.25) is 5.91 Å². The minimum atomic E-state index is -0.542. The van der Waals surface area contributed by atoms with Gasteiger partial charge in [0.05, 0.1) is 0 Å². The van der Waals surface area contributed by atoms with Crippen LogP contribution in [0.3, 0.4) is 0 Å². The Bertz CT molecular complexity index is 626. The van der Waals surface area contributed by atoms with Crippen LogP contribution in [0, 0.1) is 0 Å². The van der Waals surface area contributed by atoms with Crippen molar-refractivity contribution < 1.29 is 19.1 Å². The van der Waals surface area contributed by atoms with Gasteiger partial charge in [0.1, 0.15) is 5.60 Å². The van der Waals surface area contributed by atoms with Crippen LogP contribution >= 0.6 is 0 Å². The summed E-state index contributed by atoms with van der Waals surface area (Å²) in [5.41, 5.74) is -0.542. The van der Waals surface area contributed by atoms with Crippen LogP contribution in [0.2, 0.25) is 0 Å². The molecule has 0 aromatic carbocycles. The number of hydrogen-bond donors (Lipinski definition) is 1. The minimum Gasteiger partial charge on any atom is -0.444 e. The highest BCUT2D eigenvalue weighted by molar-refractivity contribution is 5.88. The van der Waals surface area contributed by atoms with E-state index in [1.54, 1.807) is 15.9 Å². The summed E-state index contributed by atoms with van der Waals surface area (Å²) in [6, 6.07) is 1.26. The van der Waals surface area contributed by atoms with Crippen molar-refractivity contribution >= 4 is 23.8 Å². The standard InChI is InChI=1S/C15H23N5O4/c1-11(21)16-12-5-6-20(17-12)13(22)18-7-9-19(10-8-18)14(23)24-15(2,3)4/h5-6H,7-10H2,1-4H3,(H,16,17,21). The Morgan fingerprint density at radius 3 is 2.25 bits per heavy atom. The van der Waals surface area contributed by atoms with Crippen LogP contribution in [0.4, 0.5) is 15.4 Å². The van der Waals surface area contributed by atoms with Crippen LogP contribution in [0.5, 0.6) is 0 Å². The fourth-order valence-corrected chi connectivity index (χ4v) is 2.23. The van der Waals surface area contributed by atoms with Gasteiger partial charge in [-0.05, 0) is 20.8 Å². The Morgan fingerprint density at radius 1 is 1.12 bits per heavy atom. The maximum absolute atomic E-state index is 12.4. The number of carbonyl (C=O) groups excluding carboxylic acids is 3. The van der Waals surface area contributed by atoms with Gasteiger partial charge in [0, 0.05) is 45.4 Å². The van der Waals surface area contributed by atoms with Gasteiger partial charge in [-0.1, -0.05) is 0 Å². The monoisotopic (exact) mass is 337 g/mol. The van der Waals surface area contributed by atoms with Crippen molar-refractivity contribution in [1.29, 1.82) is 0 Å². The van der Waals surface area contributed by atoms with Crippen molar-refractivity contribution in [3.63, 3.8) is 0 Å². The van der Waals surface area contributed by atoms with Crippen molar-refractivity contribution in [3.8, 4) is 0 Å². The van der Waals surface area contributed by atoms with Crippen molar-refractivity contribution in [1.82, 2.24) is 19.6 Å². The summed E-state index contributed by atoms with van der Waals surface area (Å²) in [6.07, 6.45) is 1.12. The number of aromatic nitrogens is 2. The van der Waals surface area contributed by atoms with Crippen molar-refractivity contribution in [3.05, 3.63) is 12.3 Å². The molecule has 1 fully saturated rings. The highest BCUT2D eigenvalue weighted by Crippen LogP contribution is 2.12. The molecule has 24 heavy (non-hydrogen) atoms. The Labute approximate surface area is 140 Å². The number of piperazine rings is 1. The lowest BCUT2D eigenvalue weighted by Crippen LogP contribution is -2.52. The van der Waals surface area contributed by atoms with Gasteiger partial charge < -0.3 is 19.9 Å². The van der Waals surface area contributed by atoms with Crippen LogP contribution in [0.1, 0.15) is 27.7 Å². The van der Waals surface area contributed by atoms with Gasteiger partial charge in [-0.2, -0.15) is 4.68 Å². The zero-order valence-corrected chi connectivity index (χ0v) is 14.4. The summed E-state index contributed by atoms with van der Waals surface area (Å²) < 4.78 is 6.50. The molecule has 2 rings (SSSR count). The average Bonchev–Trinajstić information content (AvgIpc) is 2.92. The first kappa shape index (κ1) is 17.8. The molecule has 132 valence electrons. The van der Waals surface area contributed by atoms with Gasteiger partial charge in [-0.3, -0.25) is 4.79 Å². The third-order valence-electron chi connectivity index (χ3n) is 3.29. The third kappa shape index (κ3) is 4.71. The van der Waals surface area contributed by atoms with Gasteiger partial charge in [-0.15, -0.1) is 5.10 Å². The highest BCUT2D eigenvalue weighted by Gasteiger charge is 2.28. The molecule has 0 spiro atoms. The van der Waals surface area contributed by atoms with E-state index < -0.39 is 5.60 Å². The largest absolute Gasteiger partial charge is 0.444 e. The minimum absolute atomic E-state index is 0.251. The maximum atomic E-state index is 12.4. The summed E-state index contributed by atoms with van der Waals surface area (Å²) in [5.74, 6) is 0.0712. The van der Waals surface area contributed by atoms with E-state index in [2.05, 4.69) is 10.4 Å². The molecule has 1 N–H and O–H groups in total. The number of anilines is 1. The Morgan fingerprint density at radius 2 is 1.71 bits per heavy atom. The first-order valence-corrected chi connectivity index (χ1v) is 7.76. The van der Waals surface area contributed by atoms with Crippen LogP contribution < -0.4 is 5.32 Å². The molecule has 1 aliphatic heterocycles. The topological polar surface area (TPSA) is 96.8 Å². The van der Waals surface area contributed by atoms with E-state index in [0.29, 0.717) is 32.0 Å². The quantitative estimate of drug-likeness (QED) is 0.834. The molecule has 9 heteroatoms. The van der Waals surface area contributed by atoms with Crippen molar-refractivity contribution in [2.24, 2.45) is 0 Å². The number of nitrogens with one attached hydrogen (secondary N) is 1. The van der Waals surface area contributed by atoms with Gasteiger partial charge in [0.15, 0.2) is 5.82 Å². The zero-order chi connectivity index (χ0) is 17.9. The predicted molar refractivity (Wildman–Crippen MR) is 86.7 cm³/mol. The molecular weight excluding hydrogens is 314 g/mol. The number of rotatable bonds is 1. The second kappa shape index (κ2) is 6.90. The summed E-state index contributed by atoms with van der Waals surface area (Å²) in [7, 11) is 0. The Balaban J connectivity index is 1.89. The van der Waals surface area contributed by atoms with E-state index >= 15 is 0 Å². The SMILES string of the molecule is CC(=O)Nc1ccn(C(=O)N2CCN(C(=O)OC(C)(C)C)CC2)n1. The predicted octanol–water partition coefficient (Wildman–Crippen LogP) is 1.36. The van der Waals surface area contributed by atoms with Gasteiger partial charge in [-0.25, -0.2) is 9.59 Å². The molecule has 1 saturated heterocycles. The normalized spacial score (nSPS) is 15.2. The maximum Gasteiger partial charge on any atom is 0.410 e. The van der Waals surface area contributed by atoms with Crippen molar-refractivity contribution in [2.45, 2.75) is 33.3 Å². The second-order valence-corrected chi connectivity index (χ2v) is 6.56. The number of nitrogens with zero attached hydrogens (tertiary/aromatic N) is 4. The molecule has 1 aliphatic rings. The van der Waals surface area contributed by atoms with E-state index in [-0.39, 0.29) is 18.0 Å². The fourth-order valence-electron chi connectivity index (χ4n) is 2.23. The summed E-state index contributed by atoms with van der Waals surface area (Å²) in [6.45, 7) is 8.41. The number of ether oxygens (including phenoxy) is 1. The van der Waals surface area contributed by atoms with Crippen LogP contribution in [0.15, 0.2) is 12.3 Å². The second-order valence-electron chi connectivity index (χ2n) is 6.56. The first-order chi connectivity index (χ1) is 11.2. The first-order valence-electron chi connectivity index (χ1n) is 7.76. The van der Waals surface area contributed by atoms with E-state index in [9.17, 15) is 14.4 Å². The molecule has 0 bridgehead atoms. The Hall–Kier alpha value is -2.58. The molecular formula is C15H23N5O4. The van der Waals surface area contributed by atoms with E-state index in [4.69, 9.17) is 4.74 Å². The lowest BCUT2D eigenvalue weighted by Gasteiger charge is -2.35. The molecule has 3 amide bonds. The molecule has 0 radical (unpaired) electrons. The lowest BCUT2D eigenvalue weighted by molar-refractivity contribution is -0.114. The van der Waals surface area contributed by atoms with Crippen molar-refractivity contribution in [2.75, 3.05) is 31.5 Å². The van der Waals surface area contributed by atoms with Crippen LogP contribution in [0.25, 0.3) is 0 Å². The number of hydrogen-bond acceptors (Lipinski definition) is 5. The van der Waals surface area contributed by atoms with Crippen LogP contribution in [-0.2, 0) is 9.53 Å².